The Kier molecular flexibility index (Phi) is 5.66. The molecule has 0 radical (unpaired) electrons. The summed E-state index contributed by atoms with van der Waals surface area (Å²) < 4.78 is 10.1. The van der Waals surface area contributed by atoms with Crippen LogP contribution >= 0.6 is 11.3 Å². The number of aromatic nitrogens is 1. The van der Waals surface area contributed by atoms with Crippen LogP contribution in [0.2, 0.25) is 0 Å². The van der Waals surface area contributed by atoms with Crippen molar-refractivity contribution in [1.29, 1.82) is 0 Å². The first-order chi connectivity index (χ1) is 13.0. The highest BCUT2D eigenvalue weighted by atomic mass is 32.1. The van der Waals surface area contributed by atoms with E-state index in [2.05, 4.69) is 28.8 Å². The third kappa shape index (κ3) is 4.23. The van der Waals surface area contributed by atoms with Gasteiger partial charge in [0.2, 0.25) is 0 Å². The third-order valence-corrected chi connectivity index (χ3v) is 5.26. The minimum atomic E-state index is -0.466. The second-order valence-electron chi connectivity index (χ2n) is 5.89. The Morgan fingerprint density at radius 1 is 1.00 bits per heavy atom. The first-order valence-corrected chi connectivity index (χ1v) is 9.30. The molecular weight excluding hydrogens is 362 g/mol. The Hall–Kier alpha value is -2.99. The first kappa shape index (κ1) is 18.8. The van der Waals surface area contributed by atoms with Crippen molar-refractivity contribution in [1.82, 2.24) is 4.98 Å². The van der Waals surface area contributed by atoms with Crippen molar-refractivity contribution in [3.63, 3.8) is 0 Å². The summed E-state index contributed by atoms with van der Waals surface area (Å²) in [5.74, 6) is -0.550. The number of methoxy groups -OCH3 is 1. The van der Waals surface area contributed by atoms with Crippen molar-refractivity contribution in [2.75, 3.05) is 7.11 Å². The Morgan fingerprint density at radius 3 is 2.26 bits per heavy atom. The molecule has 0 atom stereocenters. The molecule has 3 aromatic rings. The smallest absolute Gasteiger partial charge is 0.355 e. The maximum Gasteiger partial charge on any atom is 0.355 e. The van der Waals surface area contributed by atoms with Gasteiger partial charge in [0.25, 0.3) is 0 Å². The van der Waals surface area contributed by atoms with Crippen LogP contribution < -0.4 is 4.74 Å². The minimum Gasteiger partial charge on any atom is -0.465 e. The summed E-state index contributed by atoms with van der Waals surface area (Å²) in [5, 5.41) is 0.781. The number of rotatable bonds is 5. The lowest BCUT2D eigenvalue weighted by atomic mass is 10.1. The summed E-state index contributed by atoms with van der Waals surface area (Å²) in [6.45, 7) is 3.89. The number of thiazole rings is 1. The van der Waals surface area contributed by atoms with Gasteiger partial charge < -0.3 is 9.47 Å². The Morgan fingerprint density at radius 2 is 1.67 bits per heavy atom. The Bertz CT molecular complexity index is 959. The summed E-state index contributed by atoms with van der Waals surface area (Å²) in [6, 6.07) is 14.4. The van der Waals surface area contributed by atoms with Crippen molar-refractivity contribution < 1.29 is 19.1 Å². The van der Waals surface area contributed by atoms with Crippen molar-refractivity contribution in [2.45, 2.75) is 20.3 Å². The fourth-order valence-electron chi connectivity index (χ4n) is 2.52. The summed E-state index contributed by atoms with van der Waals surface area (Å²) in [6.07, 6.45) is 0.976. The van der Waals surface area contributed by atoms with Gasteiger partial charge >= 0.3 is 11.9 Å². The number of ether oxygens (including phenoxy) is 2. The van der Waals surface area contributed by atoms with Gasteiger partial charge in [0, 0.05) is 5.56 Å². The van der Waals surface area contributed by atoms with Crippen molar-refractivity contribution in [3.8, 4) is 16.3 Å². The molecule has 6 heteroatoms. The average molecular weight is 381 g/mol. The van der Waals surface area contributed by atoms with Gasteiger partial charge in [-0.05, 0) is 43.2 Å². The predicted molar refractivity (Wildman–Crippen MR) is 104 cm³/mol. The average Bonchev–Trinajstić information content (AvgIpc) is 3.10. The topological polar surface area (TPSA) is 65.5 Å². The predicted octanol–water partition coefficient (Wildman–Crippen LogP) is 4.69. The van der Waals surface area contributed by atoms with Gasteiger partial charge in [-0.1, -0.05) is 31.2 Å². The number of nitrogens with zero attached hydrogens (tertiary/aromatic N) is 1. The molecule has 0 amide bonds. The van der Waals surface area contributed by atoms with Crippen LogP contribution in [0.5, 0.6) is 5.75 Å². The van der Waals surface area contributed by atoms with Crippen LogP contribution in [0, 0.1) is 6.92 Å². The monoisotopic (exact) mass is 381 g/mol. The van der Waals surface area contributed by atoms with Gasteiger partial charge in [0.15, 0.2) is 0 Å². The zero-order valence-corrected chi connectivity index (χ0v) is 16.1. The zero-order valence-electron chi connectivity index (χ0n) is 15.3. The molecule has 0 N–H and O–H groups in total. The lowest BCUT2D eigenvalue weighted by Gasteiger charge is -2.04. The summed E-state index contributed by atoms with van der Waals surface area (Å²) >= 11 is 1.31. The first-order valence-electron chi connectivity index (χ1n) is 8.49. The van der Waals surface area contributed by atoms with Gasteiger partial charge in [-0.15, -0.1) is 11.3 Å². The fourth-order valence-corrected chi connectivity index (χ4v) is 3.47. The Labute approximate surface area is 161 Å². The molecule has 1 heterocycles. The number of hydrogen-bond acceptors (Lipinski definition) is 6. The van der Waals surface area contributed by atoms with E-state index in [9.17, 15) is 9.59 Å². The molecule has 27 heavy (non-hydrogen) atoms. The van der Waals surface area contributed by atoms with E-state index in [-0.39, 0.29) is 0 Å². The molecule has 5 nitrogen and oxygen atoms in total. The molecule has 138 valence electrons. The molecule has 0 saturated heterocycles. The van der Waals surface area contributed by atoms with Gasteiger partial charge in [0.05, 0.1) is 18.4 Å². The van der Waals surface area contributed by atoms with Crippen LogP contribution in [-0.2, 0) is 11.2 Å². The minimum absolute atomic E-state index is 0.356. The van der Waals surface area contributed by atoms with E-state index in [0.717, 1.165) is 17.0 Å². The molecular formula is C21H19NO4S. The Balaban J connectivity index is 1.77. The van der Waals surface area contributed by atoms with Gasteiger partial charge in [-0.2, -0.15) is 0 Å². The van der Waals surface area contributed by atoms with Gasteiger partial charge in [0.1, 0.15) is 15.6 Å². The highest BCUT2D eigenvalue weighted by molar-refractivity contribution is 7.17. The maximum absolute atomic E-state index is 12.5. The number of benzene rings is 2. The zero-order chi connectivity index (χ0) is 19.4. The normalized spacial score (nSPS) is 10.5. The van der Waals surface area contributed by atoms with Gasteiger partial charge in [-0.3, -0.25) is 0 Å². The summed E-state index contributed by atoms with van der Waals surface area (Å²) in [4.78, 5) is 28.9. The lowest BCUT2D eigenvalue weighted by molar-refractivity contribution is 0.0600. The lowest BCUT2D eigenvalue weighted by Crippen LogP contribution is -2.08. The molecule has 0 spiro atoms. The van der Waals surface area contributed by atoms with E-state index in [4.69, 9.17) is 4.74 Å². The van der Waals surface area contributed by atoms with Crippen molar-refractivity contribution in [2.24, 2.45) is 0 Å². The largest absolute Gasteiger partial charge is 0.465 e. The van der Waals surface area contributed by atoms with Crippen molar-refractivity contribution >= 4 is 23.3 Å². The van der Waals surface area contributed by atoms with Gasteiger partial charge in [-0.25, -0.2) is 14.6 Å². The van der Waals surface area contributed by atoms with E-state index in [1.165, 1.54) is 24.0 Å². The van der Waals surface area contributed by atoms with E-state index in [1.54, 1.807) is 31.2 Å². The van der Waals surface area contributed by atoms with Crippen LogP contribution in [0.3, 0.4) is 0 Å². The number of hydrogen-bond donors (Lipinski definition) is 0. The van der Waals surface area contributed by atoms with E-state index >= 15 is 0 Å². The van der Waals surface area contributed by atoms with E-state index < -0.39 is 11.9 Å². The highest BCUT2D eigenvalue weighted by Gasteiger charge is 2.18. The molecule has 0 fully saturated rings. The maximum atomic E-state index is 12.5. The highest BCUT2D eigenvalue weighted by Crippen LogP contribution is 2.29. The fraction of sp³-hybridized carbons (Fsp3) is 0.190. The number of aryl methyl sites for hydroxylation is 2. The molecule has 0 unspecified atom stereocenters. The standard InChI is InChI=1S/C21H19NO4S/c1-4-14-5-7-15(8-6-14)19-22-13(2)18(27-19)21(24)26-17-11-9-16(10-12-17)20(23)25-3/h5-12H,4H2,1-3H3. The van der Waals surface area contributed by atoms with E-state index in [0.29, 0.717) is 21.9 Å². The van der Waals surface area contributed by atoms with Crippen LogP contribution in [0.25, 0.3) is 10.6 Å². The second-order valence-corrected chi connectivity index (χ2v) is 6.89. The SMILES string of the molecule is CCc1ccc(-c2nc(C)c(C(=O)Oc3ccc(C(=O)OC)cc3)s2)cc1. The molecule has 2 aromatic carbocycles. The molecule has 1 aromatic heterocycles. The molecule has 3 rings (SSSR count). The van der Waals surface area contributed by atoms with Crippen LogP contribution in [0.15, 0.2) is 48.5 Å². The van der Waals surface area contributed by atoms with Crippen LogP contribution in [-0.4, -0.2) is 24.0 Å². The summed E-state index contributed by atoms with van der Waals surface area (Å²) in [5.41, 5.74) is 3.25. The molecule has 0 saturated carbocycles. The number of carbonyl (C=O) groups excluding carboxylic acids is 2. The molecule has 0 aliphatic rings. The van der Waals surface area contributed by atoms with Crippen LogP contribution in [0.1, 0.15) is 38.2 Å². The molecule has 0 aliphatic heterocycles. The molecule has 0 aliphatic carbocycles. The summed E-state index contributed by atoms with van der Waals surface area (Å²) in [7, 11) is 1.32. The second kappa shape index (κ2) is 8.14. The van der Waals surface area contributed by atoms with Crippen molar-refractivity contribution in [3.05, 3.63) is 70.2 Å². The number of esters is 2. The molecule has 0 bridgehead atoms. The van der Waals surface area contributed by atoms with Crippen LogP contribution in [0.4, 0.5) is 0 Å². The quantitative estimate of drug-likeness (QED) is 0.474. The third-order valence-electron chi connectivity index (χ3n) is 4.08. The number of carbonyl (C=O) groups is 2. The van der Waals surface area contributed by atoms with E-state index in [1.807, 2.05) is 12.1 Å².